The Morgan fingerprint density at radius 1 is 1.35 bits per heavy atom. The van der Waals surface area contributed by atoms with Crippen LogP contribution in [0.2, 0.25) is 0 Å². The van der Waals surface area contributed by atoms with Gasteiger partial charge in [0, 0.05) is 19.6 Å². The van der Waals surface area contributed by atoms with Crippen LogP contribution in [0.1, 0.15) is 36.5 Å². The van der Waals surface area contributed by atoms with Crippen LogP contribution >= 0.6 is 0 Å². The van der Waals surface area contributed by atoms with Crippen LogP contribution in [-0.2, 0) is 0 Å². The highest BCUT2D eigenvalue weighted by atomic mass is 16.5. The minimum Gasteiger partial charge on any atom is -0.489 e. The average Bonchev–Trinajstić information content (AvgIpc) is 2.48. The fourth-order valence-electron chi connectivity index (χ4n) is 2.37. The van der Waals surface area contributed by atoms with Gasteiger partial charge in [0.2, 0.25) is 0 Å². The highest BCUT2D eigenvalue weighted by Crippen LogP contribution is 2.22. The number of amides is 1. The molecule has 0 aromatic heterocycles. The molecular weight excluding hydrogens is 252 g/mol. The summed E-state index contributed by atoms with van der Waals surface area (Å²) < 4.78 is 6.05. The van der Waals surface area contributed by atoms with E-state index in [1.54, 1.807) is 0 Å². The van der Waals surface area contributed by atoms with E-state index in [9.17, 15) is 4.79 Å². The average molecular weight is 276 g/mol. The van der Waals surface area contributed by atoms with Gasteiger partial charge in [-0.2, -0.15) is 0 Å². The first-order valence-corrected chi connectivity index (χ1v) is 7.43. The number of para-hydroxylation sites is 1. The van der Waals surface area contributed by atoms with Gasteiger partial charge in [0.25, 0.3) is 5.91 Å². The molecule has 1 heterocycles. The maximum absolute atomic E-state index is 12.1. The Hall–Kier alpha value is -1.55. The number of nitrogens with one attached hydrogen (secondary N) is 1. The van der Waals surface area contributed by atoms with Crippen LogP contribution in [0, 0.1) is 0 Å². The summed E-state index contributed by atoms with van der Waals surface area (Å²) >= 11 is 0. The zero-order valence-corrected chi connectivity index (χ0v) is 12.4. The second-order valence-corrected chi connectivity index (χ2v) is 5.37. The molecule has 1 N–H and O–H groups in total. The Labute approximate surface area is 121 Å². The molecule has 1 aliphatic rings. The van der Waals surface area contributed by atoms with Gasteiger partial charge in [0.05, 0.1) is 5.56 Å². The molecule has 1 fully saturated rings. The van der Waals surface area contributed by atoms with Gasteiger partial charge < -0.3 is 15.0 Å². The molecule has 0 atom stereocenters. The summed E-state index contributed by atoms with van der Waals surface area (Å²) in [6.07, 6.45) is 3.18. The van der Waals surface area contributed by atoms with Crippen molar-refractivity contribution in [2.45, 2.75) is 32.3 Å². The highest BCUT2D eigenvalue weighted by Gasteiger charge is 2.20. The highest BCUT2D eigenvalue weighted by molar-refractivity contribution is 5.96. The molecule has 1 aromatic carbocycles. The predicted octanol–water partition coefficient (Wildman–Crippen LogP) is 2.30. The summed E-state index contributed by atoms with van der Waals surface area (Å²) in [5, 5.41) is 2.91. The first kappa shape index (κ1) is 14.9. The van der Waals surface area contributed by atoms with Crippen molar-refractivity contribution < 1.29 is 9.53 Å². The number of piperidine rings is 1. The van der Waals surface area contributed by atoms with Gasteiger partial charge in [-0.3, -0.25) is 4.79 Å². The number of hydrogen-bond donors (Lipinski definition) is 1. The molecule has 0 spiro atoms. The molecule has 1 aliphatic heterocycles. The summed E-state index contributed by atoms with van der Waals surface area (Å²) in [5.74, 6) is 0.658. The van der Waals surface area contributed by atoms with Crippen molar-refractivity contribution in [3.63, 3.8) is 0 Å². The SMILES string of the molecule is CCCNC(=O)c1ccccc1OC1CCN(C)CC1. The molecule has 2 rings (SSSR count). The third kappa shape index (κ3) is 3.97. The van der Waals surface area contributed by atoms with Gasteiger partial charge in [0.1, 0.15) is 11.9 Å². The fraction of sp³-hybridized carbons (Fsp3) is 0.562. The van der Waals surface area contributed by atoms with Crippen molar-refractivity contribution >= 4 is 5.91 Å². The van der Waals surface area contributed by atoms with Crippen molar-refractivity contribution in [3.05, 3.63) is 29.8 Å². The van der Waals surface area contributed by atoms with E-state index in [0.29, 0.717) is 17.9 Å². The Balaban J connectivity index is 2.02. The summed E-state index contributed by atoms with van der Waals surface area (Å²) in [7, 11) is 2.13. The number of likely N-dealkylation sites (tertiary alicyclic amines) is 1. The van der Waals surface area contributed by atoms with E-state index in [0.717, 1.165) is 32.4 Å². The van der Waals surface area contributed by atoms with E-state index in [2.05, 4.69) is 17.3 Å². The van der Waals surface area contributed by atoms with Gasteiger partial charge in [-0.05, 0) is 38.4 Å². The van der Waals surface area contributed by atoms with Crippen molar-refractivity contribution in [2.24, 2.45) is 0 Å². The quantitative estimate of drug-likeness (QED) is 0.897. The van der Waals surface area contributed by atoms with Gasteiger partial charge in [-0.15, -0.1) is 0 Å². The first-order chi connectivity index (χ1) is 9.70. The summed E-state index contributed by atoms with van der Waals surface area (Å²) in [5.41, 5.74) is 0.639. The molecule has 0 saturated carbocycles. The lowest BCUT2D eigenvalue weighted by atomic mass is 10.1. The van der Waals surface area contributed by atoms with Crippen LogP contribution in [0.4, 0.5) is 0 Å². The molecular formula is C16H24N2O2. The largest absolute Gasteiger partial charge is 0.489 e. The van der Waals surface area contributed by atoms with Gasteiger partial charge in [0.15, 0.2) is 0 Å². The minimum atomic E-state index is -0.0459. The summed E-state index contributed by atoms with van der Waals surface area (Å²) in [4.78, 5) is 14.4. The molecule has 0 aliphatic carbocycles. The molecule has 20 heavy (non-hydrogen) atoms. The number of ether oxygens (including phenoxy) is 1. The Kier molecular flexibility index (Phi) is 5.41. The Morgan fingerprint density at radius 3 is 2.75 bits per heavy atom. The summed E-state index contributed by atoms with van der Waals surface area (Å²) in [6.45, 7) is 4.84. The van der Waals surface area contributed by atoms with E-state index < -0.39 is 0 Å². The molecule has 110 valence electrons. The lowest BCUT2D eigenvalue weighted by Crippen LogP contribution is -2.36. The molecule has 4 heteroatoms. The Bertz CT molecular complexity index is 440. The molecule has 0 bridgehead atoms. The number of carbonyl (C=O) groups excluding carboxylic acids is 1. The predicted molar refractivity (Wildman–Crippen MR) is 80.2 cm³/mol. The lowest BCUT2D eigenvalue weighted by Gasteiger charge is -2.29. The van der Waals surface area contributed by atoms with Gasteiger partial charge >= 0.3 is 0 Å². The minimum absolute atomic E-state index is 0.0459. The zero-order valence-electron chi connectivity index (χ0n) is 12.4. The van der Waals surface area contributed by atoms with E-state index in [4.69, 9.17) is 4.74 Å². The number of benzene rings is 1. The molecule has 1 aromatic rings. The first-order valence-electron chi connectivity index (χ1n) is 7.43. The van der Waals surface area contributed by atoms with Crippen LogP contribution in [0.25, 0.3) is 0 Å². The second kappa shape index (κ2) is 7.29. The van der Waals surface area contributed by atoms with Crippen molar-refractivity contribution in [1.29, 1.82) is 0 Å². The third-order valence-corrected chi connectivity index (χ3v) is 3.63. The molecule has 0 unspecified atom stereocenters. The van der Waals surface area contributed by atoms with E-state index >= 15 is 0 Å². The number of carbonyl (C=O) groups is 1. The van der Waals surface area contributed by atoms with Crippen molar-refractivity contribution in [1.82, 2.24) is 10.2 Å². The van der Waals surface area contributed by atoms with Gasteiger partial charge in [-0.25, -0.2) is 0 Å². The molecule has 1 saturated heterocycles. The van der Waals surface area contributed by atoms with Crippen LogP contribution in [0.5, 0.6) is 5.75 Å². The number of hydrogen-bond acceptors (Lipinski definition) is 3. The van der Waals surface area contributed by atoms with Gasteiger partial charge in [-0.1, -0.05) is 19.1 Å². The van der Waals surface area contributed by atoms with Crippen LogP contribution in [0.3, 0.4) is 0 Å². The standard InChI is InChI=1S/C16H24N2O2/c1-3-10-17-16(19)14-6-4-5-7-15(14)20-13-8-11-18(2)12-9-13/h4-7,13H,3,8-12H2,1-2H3,(H,17,19). The van der Waals surface area contributed by atoms with Crippen molar-refractivity contribution in [3.8, 4) is 5.75 Å². The third-order valence-electron chi connectivity index (χ3n) is 3.63. The van der Waals surface area contributed by atoms with Crippen LogP contribution in [-0.4, -0.2) is 43.6 Å². The van der Waals surface area contributed by atoms with Crippen LogP contribution < -0.4 is 10.1 Å². The van der Waals surface area contributed by atoms with Crippen molar-refractivity contribution in [2.75, 3.05) is 26.7 Å². The molecule has 4 nitrogen and oxygen atoms in total. The maximum atomic E-state index is 12.1. The second-order valence-electron chi connectivity index (χ2n) is 5.37. The molecule has 0 radical (unpaired) electrons. The van der Waals surface area contributed by atoms with E-state index in [1.165, 1.54) is 0 Å². The van der Waals surface area contributed by atoms with E-state index in [1.807, 2.05) is 31.2 Å². The molecule has 1 amide bonds. The smallest absolute Gasteiger partial charge is 0.255 e. The zero-order chi connectivity index (χ0) is 14.4. The maximum Gasteiger partial charge on any atom is 0.255 e. The van der Waals surface area contributed by atoms with E-state index in [-0.39, 0.29) is 12.0 Å². The van der Waals surface area contributed by atoms with Crippen LogP contribution in [0.15, 0.2) is 24.3 Å². The lowest BCUT2D eigenvalue weighted by molar-refractivity contribution is 0.0927. The topological polar surface area (TPSA) is 41.6 Å². The Morgan fingerprint density at radius 2 is 2.05 bits per heavy atom. The normalized spacial score (nSPS) is 16.9. The summed E-state index contributed by atoms with van der Waals surface area (Å²) in [6, 6.07) is 7.51. The number of rotatable bonds is 5. The fourth-order valence-corrected chi connectivity index (χ4v) is 2.37. The number of nitrogens with zero attached hydrogens (tertiary/aromatic N) is 1. The monoisotopic (exact) mass is 276 g/mol.